The summed E-state index contributed by atoms with van der Waals surface area (Å²) in [6, 6.07) is 0. The molecule has 11 heteroatoms. The van der Waals surface area contributed by atoms with Crippen molar-refractivity contribution in [1.29, 1.82) is 0 Å². The molecule has 0 amide bonds. The van der Waals surface area contributed by atoms with Gasteiger partial charge < -0.3 is 0 Å². The Balaban J connectivity index is -0.000000107. The van der Waals surface area contributed by atoms with Crippen molar-refractivity contribution in [3.63, 3.8) is 0 Å². The van der Waals surface area contributed by atoms with Gasteiger partial charge in [-0.25, -0.2) is 0 Å². The van der Waals surface area contributed by atoms with Gasteiger partial charge in [-0.05, 0) is 0 Å². The first kappa shape index (κ1) is 18.2. The van der Waals surface area contributed by atoms with Gasteiger partial charge in [0, 0.05) is 0 Å². The maximum absolute atomic E-state index is 8.69. The van der Waals surface area contributed by atoms with E-state index in [1.807, 2.05) is 0 Å². The van der Waals surface area contributed by atoms with E-state index in [4.69, 9.17) is 31.4 Å². The molecule has 0 spiro atoms. The second kappa shape index (κ2) is 6.86. The van der Waals surface area contributed by atoms with Crippen LogP contribution in [0.5, 0.6) is 0 Å². The molecule has 0 aliphatic rings. The number of rotatable bonds is 0. The van der Waals surface area contributed by atoms with Gasteiger partial charge in [0.05, 0.1) is 0 Å². The minimum atomic E-state index is -5.38. The Morgan fingerprint density at radius 1 is 0.636 bits per heavy atom. The monoisotopic (exact) mass is 280 g/mol. The van der Waals surface area contributed by atoms with Crippen LogP contribution in [0.3, 0.4) is 0 Å². The van der Waals surface area contributed by atoms with Crippen LogP contribution in [0.25, 0.3) is 0 Å². The standard InChI is InChI=1S/K.2Mn.2H2O.6O.H/h;;;2*1H2;;;;;;;/q;2*+1;;;;;;;;;/p-2. The van der Waals surface area contributed by atoms with Gasteiger partial charge in [0.25, 0.3) is 0 Å². The molecule has 11 heavy (non-hydrogen) atoms. The maximum atomic E-state index is 8.69. The Kier molecular flexibility index (Phi) is 11.4. The summed E-state index contributed by atoms with van der Waals surface area (Å²) < 4.78 is 66.1. The molecule has 0 aliphatic carbocycles. The predicted octanol–water partition coefficient (Wildman–Crippen LogP) is -2.48. The van der Waals surface area contributed by atoms with Gasteiger partial charge in [-0.1, -0.05) is 0 Å². The third-order valence-electron chi connectivity index (χ3n) is 0. The third kappa shape index (κ3) is 517. The Morgan fingerprint density at radius 2 is 0.636 bits per heavy atom. The second-order valence-corrected chi connectivity index (χ2v) is 3.27. The van der Waals surface area contributed by atoms with Crippen molar-refractivity contribution in [2.75, 3.05) is 0 Å². The summed E-state index contributed by atoms with van der Waals surface area (Å²) in [6.45, 7) is 0. The molecule has 0 saturated heterocycles. The fraction of sp³-hybridized carbons (Fsp3) is 0. The predicted molar refractivity (Wildman–Crippen MR) is 15.7 cm³/mol. The first-order chi connectivity index (χ1) is 4.00. The third-order valence-corrected chi connectivity index (χ3v) is 0. The molecule has 0 aromatic heterocycles. The van der Waals surface area contributed by atoms with Crippen LogP contribution in [0.1, 0.15) is 0 Å². The molecule has 0 aliphatic heterocycles. The molecule has 0 fully saturated rings. The van der Waals surface area contributed by atoms with Crippen LogP contribution < -0.4 is 0 Å². The van der Waals surface area contributed by atoms with E-state index < -0.39 is 25.9 Å². The van der Waals surface area contributed by atoms with Gasteiger partial charge in [0.1, 0.15) is 0 Å². The molecule has 0 heterocycles. The van der Waals surface area contributed by atoms with Gasteiger partial charge in [0.2, 0.25) is 0 Å². The molecule has 2 N–H and O–H groups in total. The molecule has 0 atom stereocenters. The van der Waals surface area contributed by atoms with Gasteiger partial charge in [-0.2, -0.15) is 0 Å². The van der Waals surface area contributed by atoms with Crippen molar-refractivity contribution < 1.29 is 57.3 Å². The summed E-state index contributed by atoms with van der Waals surface area (Å²) in [6.07, 6.45) is 0. The first-order valence-electron chi connectivity index (χ1n) is 1.26. The second-order valence-electron chi connectivity index (χ2n) is 0.792. The zero-order valence-corrected chi connectivity index (χ0v) is 6.46. The average molecular weight is 280 g/mol. The molecule has 66 valence electrons. The van der Waals surface area contributed by atoms with Crippen molar-refractivity contribution in [2.45, 2.75) is 0 Å². The van der Waals surface area contributed by atoms with Gasteiger partial charge in [0.15, 0.2) is 0 Å². The zero-order chi connectivity index (χ0) is 9.00. The van der Waals surface area contributed by atoms with Crippen molar-refractivity contribution in [1.82, 2.24) is 0 Å². The molecule has 0 unspecified atom stereocenters. The molecule has 0 radical (unpaired) electrons. The van der Waals surface area contributed by atoms with Crippen molar-refractivity contribution in [3.05, 3.63) is 0 Å². The molecule has 8 nitrogen and oxygen atoms in total. The SMILES string of the molecule is [KH].[O]=[Mn](=[O])(=[O])[OH].[O]=[Mn](=[O])(=[O])[OH]. The molecular formula is H3KMn2O8. The summed E-state index contributed by atoms with van der Waals surface area (Å²) in [5, 5.41) is 0. The summed E-state index contributed by atoms with van der Waals surface area (Å²) in [7, 11) is 0. The average Bonchev–Trinajstić information content (AvgIpc) is 1.12. The van der Waals surface area contributed by atoms with E-state index in [9.17, 15) is 0 Å². The first-order valence-corrected chi connectivity index (χ1v) is 5.21. The Morgan fingerprint density at radius 3 is 0.636 bits per heavy atom. The Labute approximate surface area is 107 Å². The summed E-state index contributed by atoms with van der Waals surface area (Å²) in [4.78, 5) is 0. The van der Waals surface area contributed by atoms with Crippen LogP contribution in [-0.4, -0.2) is 59.8 Å². The minimum absolute atomic E-state index is 0. The van der Waals surface area contributed by atoms with Crippen LogP contribution in [-0.2, 0) is 48.9 Å². The molecule has 0 aromatic rings. The van der Waals surface area contributed by atoms with E-state index in [0.717, 1.165) is 0 Å². The summed E-state index contributed by atoms with van der Waals surface area (Å²) >= 11 is -10.8. The van der Waals surface area contributed by atoms with Gasteiger partial charge in [-0.3, -0.25) is 0 Å². The van der Waals surface area contributed by atoms with E-state index in [-0.39, 0.29) is 51.4 Å². The van der Waals surface area contributed by atoms with E-state index in [1.165, 1.54) is 0 Å². The van der Waals surface area contributed by atoms with E-state index >= 15 is 0 Å². The normalized spacial score (nSPS) is 10.4. The molecule has 0 bridgehead atoms. The fourth-order valence-corrected chi connectivity index (χ4v) is 0. The van der Waals surface area contributed by atoms with Crippen LogP contribution in [0.4, 0.5) is 0 Å². The Bertz CT molecular complexity index is 296. The van der Waals surface area contributed by atoms with E-state index in [2.05, 4.69) is 0 Å². The summed E-state index contributed by atoms with van der Waals surface area (Å²) in [5.74, 6) is 0. The van der Waals surface area contributed by atoms with Crippen molar-refractivity contribution in [2.24, 2.45) is 0 Å². The van der Waals surface area contributed by atoms with E-state index in [1.54, 1.807) is 0 Å². The van der Waals surface area contributed by atoms with Gasteiger partial charge in [-0.15, -0.1) is 0 Å². The van der Waals surface area contributed by atoms with Crippen molar-refractivity contribution >= 4 is 51.4 Å². The van der Waals surface area contributed by atoms with Crippen LogP contribution in [0.2, 0.25) is 0 Å². The number of hydrogen-bond acceptors (Lipinski definition) is 6. The van der Waals surface area contributed by atoms with Crippen LogP contribution in [0, 0.1) is 0 Å². The van der Waals surface area contributed by atoms with E-state index in [0.29, 0.717) is 0 Å². The van der Waals surface area contributed by atoms with Crippen LogP contribution >= 0.6 is 0 Å². The topological polar surface area (TPSA) is 143 Å². The Hall–Kier alpha value is 1.40. The molecular weight excluding hydrogens is 277 g/mol. The molecule has 0 aromatic carbocycles. The molecule has 0 rings (SSSR count). The fourth-order valence-electron chi connectivity index (χ4n) is 0. The van der Waals surface area contributed by atoms with Crippen molar-refractivity contribution in [3.8, 4) is 0 Å². The number of hydrogen-bond donors (Lipinski definition) is 2. The molecule has 0 saturated carbocycles. The summed E-state index contributed by atoms with van der Waals surface area (Å²) in [5.41, 5.74) is 0. The zero-order valence-electron chi connectivity index (χ0n) is 4.10. The quantitative estimate of drug-likeness (QED) is 0.464. The van der Waals surface area contributed by atoms with Crippen LogP contribution in [0.15, 0.2) is 0 Å². The van der Waals surface area contributed by atoms with Gasteiger partial charge >= 0.3 is 109 Å².